The summed E-state index contributed by atoms with van der Waals surface area (Å²) in [7, 11) is 0. The van der Waals surface area contributed by atoms with E-state index in [2.05, 4.69) is 37.0 Å². The number of hydrogen-bond donors (Lipinski definition) is 0. The molecule has 0 saturated heterocycles. The molecule has 0 aliphatic carbocycles. The molecule has 2 aromatic rings. The summed E-state index contributed by atoms with van der Waals surface area (Å²) in [4.78, 5) is 10.1. The van der Waals surface area contributed by atoms with Gasteiger partial charge in [0, 0.05) is 4.47 Å². The van der Waals surface area contributed by atoms with E-state index in [0.717, 1.165) is 10.0 Å². The lowest BCUT2D eigenvalue weighted by atomic mass is 10.2. The van der Waals surface area contributed by atoms with Crippen LogP contribution in [0, 0.1) is 10.1 Å². The Bertz CT molecular complexity index is 568. The van der Waals surface area contributed by atoms with Crippen LogP contribution in [-0.2, 0) is 6.54 Å². The third-order valence-corrected chi connectivity index (χ3v) is 3.16. The minimum atomic E-state index is -0.512. The SMILES string of the molecule is O=[N+]([O-])c1nn(Cc2cccc(Br)c2)cc1Br. The first kappa shape index (κ1) is 12.3. The Morgan fingerprint density at radius 1 is 1.41 bits per heavy atom. The lowest BCUT2D eigenvalue weighted by Gasteiger charge is -1.98. The highest BCUT2D eigenvalue weighted by Crippen LogP contribution is 2.22. The zero-order valence-electron chi connectivity index (χ0n) is 8.51. The summed E-state index contributed by atoms with van der Waals surface area (Å²) in [5, 5.41) is 14.5. The van der Waals surface area contributed by atoms with Crippen molar-refractivity contribution in [1.29, 1.82) is 0 Å². The van der Waals surface area contributed by atoms with Crippen molar-refractivity contribution in [2.45, 2.75) is 6.54 Å². The molecular weight excluding hydrogens is 354 g/mol. The maximum Gasteiger partial charge on any atom is 0.404 e. The Hall–Kier alpha value is -1.21. The molecule has 1 aromatic carbocycles. The zero-order chi connectivity index (χ0) is 12.4. The van der Waals surface area contributed by atoms with Gasteiger partial charge in [0.1, 0.15) is 4.47 Å². The Morgan fingerprint density at radius 2 is 2.18 bits per heavy atom. The van der Waals surface area contributed by atoms with Gasteiger partial charge < -0.3 is 10.1 Å². The highest BCUT2D eigenvalue weighted by molar-refractivity contribution is 9.10. The van der Waals surface area contributed by atoms with E-state index >= 15 is 0 Å². The number of hydrogen-bond acceptors (Lipinski definition) is 3. The molecule has 0 spiro atoms. The van der Waals surface area contributed by atoms with Gasteiger partial charge in [0.15, 0.2) is 0 Å². The molecule has 1 heterocycles. The van der Waals surface area contributed by atoms with E-state index < -0.39 is 4.92 Å². The highest BCUT2D eigenvalue weighted by atomic mass is 79.9. The van der Waals surface area contributed by atoms with Crippen LogP contribution in [0.3, 0.4) is 0 Å². The van der Waals surface area contributed by atoms with Crippen LogP contribution in [0.2, 0.25) is 0 Å². The largest absolute Gasteiger partial charge is 0.404 e. The molecule has 0 N–H and O–H groups in total. The van der Waals surface area contributed by atoms with Gasteiger partial charge >= 0.3 is 5.82 Å². The van der Waals surface area contributed by atoms with Gasteiger partial charge in [-0.2, -0.15) is 4.68 Å². The number of nitrogens with zero attached hydrogens (tertiary/aromatic N) is 3. The van der Waals surface area contributed by atoms with Gasteiger partial charge in [0.25, 0.3) is 0 Å². The molecule has 88 valence electrons. The zero-order valence-corrected chi connectivity index (χ0v) is 11.7. The molecule has 2 rings (SSSR count). The van der Waals surface area contributed by atoms with Crippen molar-refractivity contribution in [3.8, 4) is 0 Å². The fraction of sp³-hybridized carbons (Fsp3) is 0.100. The average Bonchev–Trinajstić information content (AvgIpc) is 2.59. The molecule has 5 nitrogen and oxygen atoms in total. The topological polar surface area (TPSA) is 61.0 Å². The van der Waals surface area contributed by atoms with E-state index in [-0.39, 0.29) is 5.82 Å². The summed E-state index contributed by atoms with van der Waals surface area (Å²) in [6.07, 6.45) is 1.60. The number of benzene rings is 1. The molecule has 0 bridgehead atoms. The molecule has 0 aliphatic heterocycles. The van der Waals surface area contributed by atoms with E-state index in [0.29, 0.717) is 11.0 Å². The summed E-state index contributed by atoms with van der Waals surface area (Å²) in [5.41, 5.74) is 1.02. The second-order valence-corrected chi connectivity index (χ2v) is 5.16. The van der Waals surface area contributed by atoms with Crippen LogP contribution >= 0.6 is 31.9 Å². The van der Waals surface area contributed by atoms with Crippen molar-refractivity contribution in [3.63, 3.8) is 0 Å². The molecule has 0 atom stereocenters. The summed E-state index contributed by atoms with van der Waals surface area (Å²) < 4.78 is 2.89. The molecule has 0 saturated carbocycles. The second-order valence-electron chi connectivity index (χ2n) is 3.39. The van der Waals surface area contributed by atoms with Gasteiger partial charge in [0.05, 0.1) is 17.8 Å². The summed E-state index contributed by atoms with van der Waals surface area (Å²) >= 11 is 6.48. The van der Waals surface area contributed by atoms with Crippen LogP contribution in [0.25, 0.3) is 0 Å². The molecular formula is C10H7Br2N3O2. The van der Waals surface area contributed by atoms with Gasteiger partial charge in [-0.25, -0.2) is 0 Å². The number of halogens is 2. The molecule has 0 unspecified atom stereocenters. The minimum absolute atomic E-state index is 0.167. The summed E-state index contributed by atoms with van der Waals surface area (Å²) in [6.45, 7) is 0.492. The second kappa shape index (κ2) is 4.97. The number of rotatable bonds is 3. The quantitative estimate of drug-likeness (QED) is 0.622. The summed E-state index contributed by atoms with van der Waals surface area (Å²) in [5.74, 6) is -0.167. The third-order valence-electron chi connectivity index (χ3n) is 2.11. The molecule has 0 fully saturated rings. The fourth-order valence-electron chi connectivity index (χ4n) is 1.41. The molecule has 0 amide bonds. The van der Waals surface area contributed by atoms with E-state index in [9.17, 15) is 10.1 Å². The number of aromatic nitrogens is 2. The van der Waals surface area contributed by atoms with E-state index in [4.69, 9.17) is 0 Å². The van der Waals surface area contributed by atoms with Crippen LogP contribution in [-0.4, -0.2) is 14.7 Å². The lowest BCUT2D eigenvalue weighted by molar-refractivity contribution is -0.390. The van der Waals surface area contributed by atoms with E-state index in [1.165, 1.54) is 4.68 Å². The van der Waals surface area contributed by atoms with Crippen LogP contribution in [0.15, 0.2) is 39.4 Å². The van der Waals surface area contributed by atoms with Crippen molar-refractivity contribution >= 4 is 37.7 Å². The molecule has 0 radical (unpaired) electrons. The predicted molar refractivity (Wildman–Crippen MR) is 69.8 cm³/mol. The van der Waals surface area contributed by atoms with Gasteiger partial charge in [-0.1, -0.05) is 28.1 Å². The minimum Gasteiger partial charge on any atom is -0.358 e. The Balaban J connectivity index is 2.25. The van der Waals surface area contributed by atoms with Crippen molar-refractivity contribution in [2.75, 3.05) is 0 Å². The lowest BCUT2D eigenvalue weighted by Crippen LogP contribution is -2.01. The third kappa shape index (κ3) is 2.92. The van der Waals surface area contributed by atoms with Gasteiger partial charge in [-0.3, -0.25) is 0 Å². The molecule has 0 aliphatic rings. The predicted octanol–water partition coefficient (Wildman–Crippen LogP) is 3.36. The van der Waals surface area contributed by atoms with Crippen LogP contribution in [0.5, 0.6) is 0 Å². The maximum absolute atomic E-state index is 10.6. The summed E-state index contributed by atoms with van der Waals surface area (Å²) in [6, 6.07) is 7.71. The van der Waals surface area contributed by atoms with Crippen molar-refractivity contribution in [3.05, 3.63) is 55.1 Å². The van der Waals surface area contributed by atoms with Crippen molar-refractivity contribution < 1.29 is 4.92 Å². The smallest absolute Gasteiger partial charge is 0.358 e. The van der Waals surface area contributed by atoms with Crippen molar-refractivity contribution in [2.24, 2.45) is 0 Å². The Morgan fingerprint density at radius 3 is 2.76 bits per heavy atom. The highest BCUT2D eigenvalue weighted by Gasteiger charge is 2.18. The van der Waals surface area contributed by atoms with Crippen LogP contribution in [0.1, 0.15) is 5.56 Å². The Labute approximate surface area is 114 Å². The first-order valence-corrected chi connectivity index (χ1v) is 6.26. The Kier molecular flexibility index (Phi) is 3.58. The average molecular weight is 361 g/mol. The monoisotopic (exact) mass is 359 g/mol. The molecule has 7 heteroatoms. The molecule has 17 heavy (non-hydrogen) atoms. The maximum atomic E-state index is 10.6. The van der Waals surface area contributed by atoms with Crippen molar-refractivity contribution in [1.82, 2.24) is 9.78 Å². The van der Waals surface area contributed by atoms with E-state index in [1.54, 1.807) is 6.20 Å². The van der Waals surface area contributed by atoms with Gasteiger partial charge in [-0.15, -0.1) is 0 Å². The normalized spacial score (nSPS) is 10.5. The van der Waals surface area contributed by atoms with Gasteiger partial charge in [-0.05, 0) is 38.5 Å². The number of nitro groups is 1. The van der Waals surface area contributed by atoms with Crippen LogP contribution in [0.4, 0.5) is 5.82 Å². The first-order valence-electron chi connectivity index (χ1n) is 4.68. The van der Waals surface area contributed by atoms with Gasteiger partial charge in [0.2, 0.25) is 0 Å². The first-order chi connectivity index (χ1) is 8.06. The van der Waals surface area contributed by atoms with E-state index in [1.807, 2.05) is 24.3 Å². The fourth-order valence-corrected chi connectivity index (χ4v) is 2.32. The molecule has 1 aromatic heterocycles. The standard InChI is InChI=1S/C10H7Br2N3O2/c11-8-3-1-2-7(4-8)5-14-6-9(12)10(13-14)15(16)17/h1-4,6H,5H2. The van der Waals surface area contributed by atoms with Crippen LogP contribution < -0.4 is 0 Å².